The van der Waals surface area contributed by atoms with Crippen molar-refractivity contribution < 1.29 is 9.59 Å². The molecule has 0 aliphatic rings. The highest BCUT2D eigenvalue weighted by Crippen LogP contribution is 2.27. The van der Waals surface area contributed by atoms with Crippen molar-refractivity contribution >= 4 is 12.2 Å². The Morgan fingerprint density at radius 2 is 1.76 bits per heavy atom. The van der Waals surface area contributed by atoms with Crippen LogP contribution in [0.4, 0.5) is 0 Å². The lowest BCUT2D eigenvalue weighted by Crippen LogP contribution is -2.32. The fraction of sp³-hybridized carbons (Fsp3) is 0.667. The normalized spacial score (nSPS) is 14.3. The van der Waals surface area contributed by atoms with Gasteiger partial charge in [0.15, 0.2) is 0 Å². The minimum Gasteiger partial charge on any atom is -0.359 e. The summed E-state index contributed by atoms with van der Waals surface area (Å²) in [4.78, 5) is 22.8. The predicted molar refractivity (Wildman–Crippen MR) is 89.1 cm³/mol. The van der Waals surface area contributed by atoms with E-state index in [2.05, 4.69) is 46.0 Å². The second-order valence-electron chi connectivity index (χ2n) is 5.89. The zero-order chi connectivity index (χ0) is 16.4. The Bertz CT molecular complexity index is 403. The van der Waals surface area contributed by atoms with Gasteiger partial charge in [0.1, 0.15) is 6.29 Å². The molecule has 0 saturated heterocycles. The molecule has 0 aromatic heterocycles. The minimum atomic E-state index is -0.125. The molecule has 0 bridgehead atoms. The van der Waals surface area contributed by atoms with Gasteiger partial charge in [0.25, 0.3) is 0 Å². The zero-order valence-electron chi connectivity index (χ0n) is 14.5. The molecule has 0 aromatic rings. The summed E-state index contributed by atoms with van der Waals surface area (Å²) in [6.07, 6.45) is 6.16. The summed E-state index contributed by atoms with van der Waals surface area (Å²) in [6, 6.07) is 0. The maximum absolute atomic E-state index is 12.2. The molecule has 120 valence electrons. The summed E-state index contributed by atoms with van der Waals surface area (Å²) in [5.74, 6) is 0.0958. The molecule has 1 amide bonds. The number of rotatable bonds is 9. The maximum Gasteiger partial charge on any atom is 0.223 e. The first kappa shape index (κ1) is 19.6. The number of carbonyl (C=O) groups is 2. The topological polar surface area (TPSA) is 46.2 Å². The van der Waals surface area contributed by atoms with Crippen molar-refractivity contribution in [3.8, 4) is 0 Å². The van der Waals surface area contributed by atoms with Crippen LogP contribution in [0, 0.1) is 11.8 Å². The van der Waals surface area contributed by atoms with E-state index in [4.69, 9.17) is 0 Å². The van der Waals surface area contributed by atoms with Crippen LogP contribution in [-0.4, -0.2) is 19.2 Å². The van der Waals surface area contributed by atoms with E-state index in [-0.39, 0.29) is 17.7 Å². The number of allylic oxidation sites excluding steroid dienone is 4. The van der Waals surface area contributed by atoms with Crippen molar-refractivity contribution in [2.24, 2.45) is 11.8 Å². The summed E-state index contributed by atoms with van der Waals surface area (Å²) in [7, 11) is 1.66. The second-order valence-corrected chi connectivity index (χ2v) is 5.89. The Morgan fingerprint density at radius 1 is 1.14 bits per heavy atom. The summed E-state index contributed by atoms with van der Waals surface area (Å²) in [5, 5.41) is 2.74. The van der Waals surface area contributed by atoms with E-state index in [1.165, 1.54) is 16.7 Å². The van der Waals surface area contributed by atoms with Gasteiger partial charge in [-0.2, -0.15) is 0 Å². The summed E-state index contributed by atoms with van der Waals surface area (Å²) >= 11 is 0. The van der Waals surface area contributed by atoms with Crippen LogP contribution in [0.1, 0.15) is 60.3 Å². The summed E-state index contributed by atoms with van der Waals surface area (Å²) < 4.78 is 0. The molecule has 1 N–H and O–H groups in total. The van der Waals surface area contributed by atoms with Crippen LogP contribution in [0.5, 0.6) is 0 Å². The van der Waals surface area contributed by atoms with E-state index in [0.717, 1.165) is 19.1 Å². The average molecular weight is 293 g/mol. The molecule has 0 radical (unpaired) electrons. The standard InChI is InChI=1S/C18H31NO2/c1-7-9-16(12-14(4)15(5)13(2)3)17(10-8-11-20)18(21)19-6/h11-12,16-17H,7-10H2,1-6H3,(H,19,21)/b14-12-. The summed E-state index contributed by atoms with van der Waals surface area (Å²) in [5.41, 5.74) is 3.80. The van der Waals surface area contributed by atoms with E-state index in [1.807, 2.05) is 0 Å². The third-order valence-electron chi connectivity index (χ3n) is 4.12. The molecule has 0 fully saturated rings. The Kier molecular flexibility index (Phi) is 9.68. The number of amides is 1. The lowest BCUT2D eigenvalue weighted by molar-refractivity contribution is -0.126. The highest BCUT2D eigenvalue weighted by Gasteiger charge is 2.25. The smallest absolute Gasteiger partial charge is 0.223 e. The Balaban J connectivity index is 5.39. The fourth-order valence-corrected chi connectivity index (χ4v) is 2.55. The molecule has 0 aromatic carbocycles. The predicted octanol–water partition coefficient (Wildman–Crippen LogP) is 4.05. The largest absolute Gasteiger partial charge is 0.359 e. The highest BCUT2D eigenvalue weighted by atomic mass is 16.1. The van der Waals surface area contributed by atoms with Gasteiger partial charge in [-0.1, -0.05) is 30.6 Å². The fourth-order valence-electron chi connectivity index (χ4n) is 2.55. The van der Waals surface area contributed by atoms with Gasteiger partial charge in [-0.05, 0) is 52.0 Å². The van der Waals surface area contributed by atoms with E-state index in [0.29, 0.717) is 12.8 Å². The van der Waals surface area contributed by atoms with Crippen LogP contribution in [-0.2, 0) is 9.59 Å². The summed E-state index contributed by atoms with van der Waals surface area (Å²) in [6.45, 7) is 10.6. The quantitative estimate of drug-likeness (QED) is 0.515. The van der Waals surface area contributed by atoms with Gasteiger partial charge in [0.05, 0.1) is 0 Å². The number of hydrogen-bond donors (Lipinski definition) is 1. The van der Waals surface area contributed by atoms with Gasteiger partial charge in [0, 0.05) is 19.4 Å². The molecule has 0 rings (SSSR count). The molecule has 0 aliphatic carbocycles. The van der Waals surface area contributed by atoms with Crippen LogP contribution in [0.3, 0.4) is 0 Å². The number of carbonyl (C=O) groups excluding carboxylic acids is 2. The molecule has 2 atom stereocenters. The Labute approximate surface area is 129 Å². The number of hydrogen-bond acceptors (Lipinski definition) is 2. The molecule has 2 unspecified atom stereocenters. The second kappa shape index (κ2) is 10.4. The molecule has 3 heteroatoms. The van der Waals surface area contributed by atoms with E-state index in [9.17, 15) is 9.59 Å². The lowest BCUT2D eigenvalue weighted by Gasteiger charge is -2.23. The van der Waals surface area contributed by atoms with Crippen molar-refractivity contribution in [2.45, 2.75) is 60.3 Å². The van der Waals surface area contributed by atoms with Gasteiger partial charge < -0.3 is 10.1 Å². The van der Waals surface area contributed by atoms with Crippen molar-refractivity contribution in [2.75, 3.05) is 7.05 Å². The van der Waals surface area contributed by atoms with Gasteiger partial charge in [-0.15, -0.1) is 0 Å². The van der Waals surface area contributed by atoms with E-state index >= 15 is 0 Å². The molecule has 0 saturated carbocycles. The van der Waals surface area contributed by atoms with Crippen molar-refractivity contribution in [3.63, 3.8) is 0 Å². The molecular weight excluding hydrogens is 262 g/mol. The molecule has 21 heavy (non-hydrogen) atoms. The minimum absolute atomic E-state index is 0.0363. The van der Waals surface area contributed by atoms with Crippen LogP contribution in [0.2, 0.25) is 0 Å². The first-order valence-corrected chi connectivity index (χ1v) is 7.87. The van der Waals surface area contributed by atoms with E-state index < -0.39 is 0 Å². The van der Waals surface area contributed by atoms with Gasteiger partial charge >= 0.3 is 0 Å². The lowest BCUT2D eigenvalue weighted by atomic mass is 9.82. The van der Waals surface area contributed by atoms with Crippen LogP contribution in [0.15, 0.2) is 22.8 Å². The molecule has 0 aliphatic heterocycles. The zero-order valence-corrected chi connectivity index (χ0v) is 14.5. The van der Waals surface area contributed by atoms with E-state index in [1.54, 1.807) is 7.05 Å². The van der Waals surface area contributed by atoms with Crippen molar-refractivity contribution in [3.05, 3.63) is 22.8 Å². The highest BCUT2D eigenvalue weighted by molar-refractivity contribution is 5.79. The first-order chi connectivity index (χ1) is 9.88. The number of aldehydes is 1. The van der Waals surface area contributed by atoms with Gasteiger partial charge in [-0.25, -0.2) is 0 Å². The first-order valence-electron chi connectivity index (χ1n) is 7.87. The monoisotopic (exact) mass is 293 g/mol. The SMILES string of the molecule is CCCC(/C=C(/C)C(C)=C(C)C)C(CCC=O)C(=O)NC. The number of nitrogens with one attached hydrogen (secondary N) is 1. The third kappa shape index (κ3) is 6.74. The third-order valence-corrected chi connectivity index (χ3v) is 4.12. The van der Waals surface area contributed by atoms with Gasteiger partial charge in [-0.3, -0.25) is 4.79 Å². The van der Waals surface area contributed by atoms with Gasteiger partial charge in [0.2, 0.25) is 5.91 Å². The van der Waals surface area contributed by atoms with Crippen LogP contribution >= 0.6 is 0 Å². The Morgan fingerprint density at radius 3 is 2.19 bits per heavy atom. The van der Waals surface area contributed by atoms with Crippen molar-refractivity contribution in [1.82, 2.24) is 5.32 Å². The molecule has 0 spiro atoms. The Hall–Kier alpha value is -1.38. The molecule has 3 nitrogen and oxygen atoms in total. The average Bonchev–Trinajstić information content (AvgIpc) is 2.46. The van der Waals surface area contributed by atoms with Crippen LogP contribution < -0.4 is 5.32 Å². The van der Waals surface area contributed by atoms with Crippen molar-refractivity contribution in [1.29, 1.82) is 0 Å². The maximum atomic E-state index is 12.2. The molecule has 0 heterocycles. The molecular formula is C18H31NO2. The van der Waals surface area contributed by atoms with Crippen LogP contribution in [0.25, 0.3) is 0 Å².